The topological polar surface area (TPSA) is 121 Å². The summed E-state index contributed by atoms with van der Waals surface area (Å²) >= 11 is 0. The van der Waals surface area contributed by atoms with E-state index < -0.39 is 9.84 Å². The molecule has 2 rings (SSSR count). The first-order valence-electron chi connectivity index (χ1n) is 7.00. The molecular weight excluding hydrogens is 316 g/mol. The van der Waals surface area contributed by atoms with Gasteiger partial charge in [0.05, 0.1) is 11.1 Å². The molecule has 1 aromatic carbocycles. The molecule has 0 spiro atoms. The highest BCUT2D eigenvalue weighted by Gasteiger charge is 2.19. The maximum absolute atomic E-state index is 11.9. The fourth-order valence-electron chi connectivity index (χ4n) is 2.23. The molecule has 0 amide bonds. The van der Waals surface area contributed by atoms with Gasteiger partial charge in [0.2, 0.25) is 5.95 Å². The quantitative estimate of drug-likeness (QED) is 0.878. The number of nitrogen functional groups attached to an aromatic ring is 2. The lowest BCUT2D eigenvalue weighted by atomic mass is 10.00. The van der Waals surface area contributed by atoms with Crippen LogP contribution in [0, 0.1) is 6.92 Å². The molecule has 8 heteroatoms. The molecule has 0 unspecified atom stereocenters. The van der Waals surface area contributed by atoms with E-state index in [2.05, 4.69) is 9.97 Å². The van der Waals surface area contributed by atoms with E-state index in [0.29, 0.717) is 11.3 Å². The molecule has 0 radical (unpaired) electrons. The molecule has 1 heterocycles. The van der Waals surface area contributed by atoms with Gasteiger partial charge in [-0.1, -0.05) is 19.9 Å². The Morgan fingerprint density at radius 2 is 1.83 bits per heavy atom. The second-order valence-electron chi connectivity index (χ2n) is 5.66. The minimum Gasteiger partial charge on any atom is -0.452 e. The van der Waals surface area contributed by atoms with Crippen molar-refractivity contribution in [2.45, 2.75) is 31.6 Å². The van der Waals surface area contributed by atoms with Crippen LogP contribution in [0.4, 0.5) is 11.8 Å². The van der Waals surface area contributed by atoms with Crippen LogP contribution in [0.5, 0.6) is 11.5 Å². The molecule has 0 atom stereocenters. The SMILES string of the molecule is Cc1cc(C(C)C)c(Oc2cnc(N)nc2N)cc1S(C)(=O)=O. The van der Waals surface area contributed by atoms with Crippen LogP contribution in [-0.2, 0) is 9.84 Å². The normalized spacial score (nSPS) is 11.7. The predicted octanol–water partition coefficient (Wildman–Crippen LogP) is 2.27. The average Bonchev–Trinajstić information content (AvgIpc) is 2.41. The minimum atomic E-state index is -3.37. The third-order valence-electron chi connectivity index (χ3n) is 3.35. The number of rotatable bonds is 4. The van der Waals surface area contributed by atoms with E-state index in [1.165, 1.54) is 12.3 Å². The van der Waals surface area contributed by atoms with Crippen molar-refractivity contribution in [3.8, 4) is 11.5 Å². The van der Waals surface area contributed by atoms with Crippen molar-refractivity contribution in [2.24, 2.45) is 0 Å². The lowest BCUT2D eigenvalue weighted by molar-refractivity contribution is 0.469. The Morgan fingerprint density at radius 3 is 2.35 bits per heavy atom. The lowest BCUT2D eigenvalue weighted by Crippen LogP contribution is -2.05. The van der Waals surface area contributed by atoms with Gasteiger partial charge < -0.3 is 16.2 Å². The molecule has 0 bridgehead atoms. The second kappa shape index (κ2) is 6.04. The number of aryl methyl sites for hydroxylation is 1. The molecule has 1 aromatic heterocycles. The van der Waals surface area contributed by atoms with Crippen LogP contribution in [0.3, 0.4) is 0 Å². The molecule has 4 N–H and O–H groups in total. The summed E-state index contributed by atoms with van der Waals surface area (Å²) in [5, 5.41) is 0. The number of hydrogen-bond donors (Lipinski definition) is 2. The number of benzene rings is 1. The van der Waals surface area contributed by atoms with Gasteiger partial charge in [0.15, 0.2) is 21.4 Å². The van der Waals surface area contributed by atoms with E-state index in [0.717, 1.165) is 11.8 Å². The Bertz CT molecular complexity index is 848. The molecule has 0 fully saturated rings. The maximum Gasteiger partial charge on any atom is 0.222 e. The molecule has 0 aliphatic carbocycles. The zero-order valence-corrected chi connectivity index (χ0v) is 14.3. The second-order valence-corrected chi connectivity index (χ2v) is 7.65. The van der Waals surface area contributed by atoms with Gasteiger partial charge >= 0.3 is 0 Å². The molecule has 0 saturated carbocycles. The highest BCUT2D eigenvalue weighted by atomic mass is 32.2. The van der Waals surface area contributed by atoms with Crippen LogP contribution in [0.1, 0.15) is 30.9 Å². The van der Waals surface area contributed by atoms with E-state index in [-0.39, 0.29) is 28.3 Å². The Balaban J connectivity index is 2.59. The van der Waals surface area contributed by atoms with Crippen molar-refractivity contribution in [2.75, 3.05) is 17.7 Å². The van der Waals surface area contributed by atoms with Gasteiger partial charge in [-0.25, -0.2) is 13.4 Å². The van der Waals surface area contributed by atoms with Gasteiger partial charge in [-0.15, -0.1) is 0 Å². The summed E-state index contributed by atoms with van der Waals surface area (Å²) < 4.78 is 29.6. The summed E-state index contributed by atoms with van der Waals surface area (Å²) in [7, 11) is -3.37. The van der Waals surface area contributed by atoms with Crippen molar-refractivity contribution in [1.29, 1.82) is 0 Å². The highest BCUT2D eigenvalue weighted by molar-refractivity contribution is 7.90. The fourth-order valence-corrected chi connectivity index (χ4v) is 3.19. The molecule has 0 aliphatic heterocycles. The van der Waals surface area contributed by atoms with Crippen LogP contribution in [0.15, 0.2) is 23.2 Å². The molecule has 7 nitrogen and oxygen atoms in total. The van der Waals surface area contributed by atoms with Gasteiger partial charge in [-0.3, -0.25) is 0 Å². The summed E-state index contributed by atoms with van der Waals surface area (Å²) in [4.78, 5) is 7.89. The molecule has 2 aromatic rings. The van der Waals surface area contributed by atoms with E-state index >= 15 is 0 Å². The number of hydrogen-bond acceptors (Lipinski definition) is 7. The van der Waals surface area contributed by atoms with Gasteiger partial charge in [0.1, 0.15) is 5.75 Å². The zero-order valence-electron chi connectivity index (χ0n) is 13.5. The van der Waals surface area contributed by atoms with Crippen LogP contribution < -0.4 is 16.2 Å². The first kappa shape index (κ1) is 17.0. The standard InChI is InChI=1S/C15H20N4O3S/c1-8(2)10-5-9(3)13(23(4,20)21)6-11(10)22-12-7-18-15(17)19-14(12)16/h5-8H,1-4H3,(H4,16,17,18,19). The zero-order chi connectivity index (χ0) is 17.4. The Kier molecular flexibility index (Phi) is 4.46. The number of sulfone groups is 1. The summed E-state index contributed by atoms with van der Waals surface area (Å²) in [6.07, 6.45) is 2.52. The number of nitrogens with two attached hydrogens (primary N) is 2. The van der Waals surface area contributed by atoms with Crippen molar-refractivity contribution in [1.82, 2.24) is 9.97 Å². The Labute approximate surface area is 135 Å². The van der Waals surface area contributed by atoms with E-state index in [1.807, 2.05) is 19.9 Å². The molecule has 0 saturated heterocycles. The summed E-state index contributed by atoms with van der Waals surface area (Å²) in [6, 6.07) is 3.32. The van der Waals surface area contributed by atoms with Crippen molar-refractivity contribution in [3.05, 3.63) is 29.5 Å². The van der Waals surface area contributed by atoms with Gasteiger partial charge in [-0.05, 0) is 30.0 Å². The lowest BCUT2D eigenvalue weighted by Gasteiger charge is -2.17. The average molecular weight is 336 g/mol. The highest BCUT2D eigenvalue weighted by Crippen LogP contribution is 2.35. The number of aromatic nitrogens is 2. The smallest absolute Gasteiger partial charge is 0.222 e. The van der Waals surface area contributed by atoms with E-state index in [9.17, 15) is 8.42 Å². The molecule has 0 aliphatic rings. The van der Waals surface area contributed by atoms with Crippen molar-refractivity contribution < 1.29 is 13.2 Å². The van der Waals surface area contributed by atoms with Crippen LogP contribution in [-0.4, -0.2) is 24.6 Å². The van der Waals surface area contributed by atoms with Crippen molar-refractivity contribution >= 4 is 21.6 Å². The molecular formula is C15H20N4O3S. The van der Waals surface area contributed by atoms with Crippen LogP contribution >= 0.6 is 0 Å². The molecule has 23 heavy (non-hydrogen) atoms. The first-order chi connectivity index (χ1) is 10.6. The summed E-state index contributed by atoms with van der Waals surface area (Å²) in [5.41, 5.74) is 12.8. The van der Waals surface area contributed by atoms with Crippen LogP contribution in [0.2, 0.25) is 0 Å². The summed E-state index contributed by atoms with van der Waals surface area (Å²) in [6.45, 7) is 5.74. The maximum atomic E-state index is 11.9. The predicted molar refractivity (Wildman–Crippen MR) is 89.3 cm³/mol. The first-order valence-corrected chi connectivity index (χ1v) is 8.89. The number of nitrogens with zero attached hydrogens (tertiary/aromatic N) is 2. The van der Waals surface area contributed by atoms with Crippen LogP contribution in [0.25, 0.3) is 0 Å². The monoisotopic (exact) mass is 336 g/mol. The van der Waals surface area contributed by atoms with Crippen molar-refractivity contribution in [3.63, 3.8) is 0 Å². The van der Waals surface area contributed by atoms with Gasteiger partial charge in [0, 0.05) is 6.26 Å². The number of anilines is 2. The van der Waals surface area contributed by atoms with Gasteiger partial charge in [-0.2, -0.15) is 4.98 Å². The van der Waals surface area contributed by atoms with E-state index in [1.54, 1.807) is 6.92 Å². The fraction of sp³-hybridized carbons (Fsp3) is 0.333. The minimum absolute atomic E-state index is 0.0414. The Hall–Kier alpha value is -2.35. The van der Waals surface area contributed by atoms with Gasteiger partial charge in [0.25, 0.3) is 0 Å². The third kappa shape index (κ3) is 3.70. The molecule has 124 valence electrons. The third-order valence-corrected chi connectivity index (χ3v) is 4.59. The summed E-state index contributed by atoms with van der Waals surface area (Å²) in [5.74, 6) is 0.900. The largest absolute Gasteiger partial charge is 0.452 e. The van der Waals surface area contributed by atoms with E-state index in [4.69, 9.17) is 16.2 Å². The number of ether oxygens (including phenoxy) is 1. The Morgan fingerprint density at radius 1 is 1.17 bits per heavy atom.